The number of hydrogen-bond acceptors (Lipinski definition) is 4. The Kier molecular flexibility index (Phi) is 8.37. The molecule has 5 aromatic heterocycles. The number of aromatic nitrogens is 6. The summed E-state index contributed by atoms with van der Waals surface area (Å²) in [6, 6.07) is 83.5. The van der Waals surface area contributed by atoms with Crippen molar-refractivity contribution in [2.75, 3.05) is 0 Å². The monoisotopic (exact) mass is 890 g/mol. The van der Waals surface area contributed by atoms with Crippen molar-refractivity contribution in [3.8, 4) is 23.0 Å². The molecule has 0 aliphatic rings. The normalized spacial score (nSPS) is 12.2. The van der Waals surface area contributed by atoms with Crippen LogP contribution < -0.4 is 20.7 Å². The molecule has 0 spiro atoms. The predicted octanol–water partition coefficient (Wildman–Crippen LogP) is 11.7. The van der Waals surface area contributed by atoms with Crippen LogP contribution in [0.15, 0.2) is 231 Å². The summed E-state index contributed by atoms with van der Waals surface area (Å²) in [5.41, 5.74) is 7.15. The zero-order valence-electron chi connectivity index (χ0n) is 36.0. The Morgan fingerprint density at radius 1 is 0.373 bits per heavy atom. The van der Waals surface area contributed by atoms with Crippen molar-refractivity contribution in [2.24, 2.45) is 0 Å². The Morgan fingerprint density at radius 3 is 1.58 bits per heavy atom. The molecular weight excluding hydrogens is 853 g/mol. The van der Waals surface area contributed by atoms with Crippen LogP contribution in [-0.4, -0.2) is 36.6 Å². The van der Waals surface area contributed by atoms with Crippen LogP contribution in [0.2, 0.25) is 0 Å². The van der Waals surface area contributed by atoms with Crippen LogP contribution in [0, 0.1) is 0 Å². The molecule has 0 radical (unpaired) electrons. The predicted molar refractivity (Wildman–Crippen MR) is 281 cm³/mol. The minimum absolute atomic E-state index is 0.631. The number of thiophene rings is 1. The summed E-state index contributed by atoms with van der Waals surface area (Å²) in [6.45, 7) is 0. The van der Waals surface area contributed by atoms with E-state index < -0.39 is 8.07 Å². The highest BCUT2D eigenvalue weighted by Gasteiger charge is 2.43. The van der Waals surface area contributed by atoms with Gasteiger partial charge in [0.25, 0.3) is 0 Å². The summed E-state index contributed by atoms with van der Waals surface area (Å²) in [4.78, 5) is 16.3. The highest BCUT2D eigenvalue weighted by atomic mass is 32.1. The van der Waals surface area contributed by atoms with E-state index in [1.165, 1.54) is 51.7 Å². The Balaban J connectivity index is 1.04. The second-order valence-electron chi connectivity index (χ2n) is 17.2. The summed E-state index contributed by atoms with van der Waals surface area (Å²) in [6.07, 6.45) is 0. The fraction of sp³-hybridized carbons (Fsp3) is 0. The van der Waals surface area contributed by atoms with E-state index in [1.54, 1.807) is 0 Å². The van der Waals surface area contributed by atoms with Crippen molar-refractivity contribution in [3.05, 3.63) is 231 Å². The third-order valence-electron chi connectivity index (χ3n) is 13.6. The van der Waals surface area contributed by atoms with Gasteiger partial charge in [-0.2, -0.15) is 0 Å². The van der Waals surface area contributed by atoms with E-state index in [4.69, 9.17) is 15.0 Å². The summed E-state index contributed by atoms with van der Waals surface area (Å²) in [7, 11) is -2.95. The van der Waals surface area contributed by atoms with Crippen molar-refractivity contribution in [2.45, 2.75) is 0 Å². The molecule has 0 saturated heterocycles. The average molecular weight is 891 g/mol. The van der Waals surface area contributed by atoms with Gasteiger partial charge in [0.05, 0.1) is 33.1 Å². The lowest BCUT2D eigenvalue weighted by Gasteiger charge is -2.35. The van der Waals surface area contributed by atoms with Crippen LogP contribution in [0.3, 0.4) is 0 Å². The Labute approximate surface area is 390 Å². The molecule has 0 N–H and O–H groups in total. The van der Waals surface area contributed by atoms with Crippen LogP contribution in [0.25, 0.3) is 92.8 Å². The SMILES string of the molecule is c1ccc([Si](c2ccccc2)(c2ccc(-c3nc(-n4c5ccccc5c5ccccc54)cc(-n4c5ccccc5n5c6ccccc6nc45)n3)cc2)c2cccc3c2sc2ccccc23)cc1. The van der Waals surface area contributed by atoms with E-state index >= 15 is 0 Å². The number of rotatable bonds is 7. The molecule has 0 aliphatic heterocycles. The maximum atomic E-state index is 5.52. The molecule has 0 saturated carbocycles. The van der Waals surface area contributed by atoms with Gasteiger partial charge < -0.3 is 0 Å². The Morgan fingerprint density at radius 2 is 0.896 bits per heavy atom. The van der Waals surface area contributed by atoms with Gasteiger partial charge in [-0.1, -0.05) is 182 Å². The smallest absolute Gasteiger partial charge is 0.221 e. The molecular formula is C59H38N6SSi. The second kappa shape index (κ2) is 14.8. The van der Waals surface area contributed by atoms with Gasteiger partial charge in [-0.25, -0.2) is 15.0 Å². The van der Waals surface area contributed by atoms with Crippen LogP contribution in [0.5, 0.6) is 0 Å². The third kappa shape index (κ3) is 5.57. The molecule has 0 bridgehead atoms. The fourth-order valence-corrected chi connectivity index (χ4v) is 17.3. The van der Waals surface area contributed by atoms with E-state index in [1.807, 2.05) is 17.4 Å². The molecule has 314 valence electrons. The zero-order valence-corrected chi connectivity index (χ0v) is 37.8. The second-order valence-corrected chi connectivity index (χ2v) is 22.0. The summed E-state index contributed by atoms with van der Waals surface area (Å²) >= 11 is 1.91. The first-order valence-electron chi connectivity index (χ1n) is 22.6. The van der Waals surface area contributed by atoms with E-state index in [0.29, 0.717) is 5.82 Å². The van der Waals surface area contributed by atoms with Gasteiger partial charge in [0.15, 0.2) is 13.9 Å². The van der Waals surface area contributed by atoms with Gasteiger partial charge in [-0.3, -0.25) is 13.5 Å². The van der Waals surface area contributed by atoms with Crippen LogP contribution >= 0.6 is 11.3 Å². The minimum atomic E-state index is -2.95. The number of nitrogens with zero attached hydrogens (tertiary/aromatic N) is 6. The standard InChI is InChI=1S/C59H38N6SSi/c1-3-18-40(19-4-1)67(41-20-5-2-6-21-41,54-33-17-25-46-45-24-9-16-32-53(45)66-57(46)54)42-36-34-39(35-37-42)58-61-55(63-48-27-11-7-22-43(48)44-23-8-12-28-49(44)63)38-56(62-58)65-52-31-15-14-30-51(52)64-50-29-13-10-26-47(50)60-59(64)65/h1-38H. The molecule has 6 nitrogen and oxygen atoms in total. The maximum absolute atomic E-state index is 5.52. The molecule has 5 heterocycles. The van der Waals surface area contributed by atoms with Crippen molar-refractivity contribution in [3.63, 3.8) is 0 Å². The summed E-state index contributed by atoms with van der Waals surface area (Å²) in [5, 5.41) is 10.3. The number of benzene rings is 9. The number of fused-ring (bicyclic) bond motifs is 11. The first-order chi connectivity index (χ1) is 33.2. The lowest BCUT2D eigenvalue weighted by molar-refractivity contribution is 0.980. The van der Waals surface area contributed by atoms with Crippen LogP contribution in [0.1, 0.15) is 0 Å². The van der Waals surface area contributed by atoms with E-state index in [0.717, 1.165) is 56.1 Å². The van der Waals surface area contributed by atoms with Gasteiger partial charge in [-0.05, 0) is 63.2 Å². The molecule has 0 aliphatic carbocycles. The first-order valence-corrected chi connectivity index (χ1v) is 25.4. The number of imidazole rings is 2. The Bertz CT molecular complexity index is 4130. The number of para-hydroxylation sites is 6. The lowest BCUT2D eigenvalue weighted by Crippen LogP contribution is -2.74. The first kappa shape index (κ1) is 37.9. The average Bonchev–Trinajstić information content (AvgIpc) is 4.15. The van der Waals surface area contributed by atoms with E-state index in [2.05, 4.69) is 238 Å². The van der Waals surface area contributed by atoms with Gasteiger partial charge in [-0.15, -0.1) is 11.3 Å². The fourth-order valence-electron chi connectivity index (χ4n) is 10.8. The summed E-state index contributed by atoms with van der Waals surface area (Å²) in [5.74, 6) is 2.95. The van der Waals surface area contributed by atoms with Gasteiger partial charge >= 0.3 is 0 Å². The van der Waals surface area contributed by atoms with Crippen molar-refractivity contribution >= 4 is 110 Å². The topological polar surface area (TPSA) is 52.9 Å². The zero-order chi connectivity index (χ0) is 44.1. The molecule has 9 aromatic carbocycles. The number of hydrogen-bond donors (Lipinski definition) is 0. The van der Waals surface area contributed by atoms with Gasteiger partial charge in [0.1, 0.15) is 11.6 Å². The van der Waals surface area contributed by atoms with E-state index in [-0.39, 0.29) is 0 Å². The molecule has 0 unspecified atom stereocenters. The molecule has 67 heavy (non-hydrogen) atoms. The highest BCUT2D eigenvalue weighted by Crippen LogP contribution is 2.36. The molecule has 0 fully saturated rings. The Hall–Kier alpha value is -8.43. The van der Waals surface area contributed by atoms with Crippen LogP contribution in [-0.2, 0) is 0 Å². The van der Waals surface area contributed by atoms with Gasteiger partial charge in [0, 0.05) is 42.6 Å². The molecule has 8 heteroatoms. The maximum Gasteiger partial charge on any atom is 0.221 e. The minimum Gasteiger partial charge on any atom is -0.294 e. The van der Waals surface area contributed by atoms with Crippen molar-refractivity contribution in [1.82, 2.24) is 28.5 Å². The van der Waals surface area contributed by atoms with Crippen LogP contribution in [0.4, 0.5) is 0 Å². The molecule has 0 atom stereocenters. The molecule has 14 aromatic rings. The highest BCUT2D eigenvalue weighted by molar-refractivity contribution is 7.30. The molecule has 0 amide bonds. The quantitative estimate of drug-likeness (QED) is 0.118. The van der Waals surface area contributed by atoms with Crippen molar-refractivity contribution < 1.29 is 0 Å². The lowest BCUT2D eigenvalue weighted by atomic mass is 10.1. The molecule has 14 rings (SSSR count). The van der Waals surface area contributed by atoms with Gasteiger partial charge in [0.2, 0.25) is 5.78 Å². The van der Waals surface area contributed by atoms with E-state index in [9.17, 15) is 0 Å². The largest absolute Gasteiger partial charge is 0.294 e. The summed E-state index contributed by atoms with van der Waals surface area (Å²) < 4.78 is 9.37. The van der Waals surface area contributed by atoms with Crippen molar-refractivity contribution in [1.29, 1.82) is 0 Å². The third-order valence-corrected chi connectivity index (χ3v) is 19.9.